The van der Waals surface area contributed by atoms with Crippen molar-refractivity contribution in [3.8, 4) is 17.2 Å². The first kappa shape index (κ1) is 21.2. The molecule has 0 amide bonds. The Bertz CT molecular complexity index is 945. The van der Waals surface area contributed by atoms with Crippen LogP contribution in [-0.2, 0) is 13.2 Å². The lowest BCUT2D eigenvalue weighted by Gasteiger charge is -2.17. The van der Waals surface area contributed by atoms with Crippen molar-refractivity contribution in [2.24, 2.45) is 0 Å². The van der Waals surface area contributed by atoms with E-state index in [9.17, 15) is 0 Å². The van der Waals surface area contributed by atoms with E-state index in [2.05, 4.69) is 5.32 Å². The van der Waals surface area contributed by atoms with Gasteiger partial charge in [0, 0.05) is 33.4 Å². The number of benzene rings is 3. The van der Waals surface area contributed by atoms with E-state index < -0.39 is 0 Å². The summed E-state index contributed by atoms with van der Waals surface area (Å²) < 4.78 is 17.1. The Balaban J connectivity index is 1.77. The van der Waals surface area contributed by atoms with Crippen LogP contribution in [-0.4, -0.2) is 13.7 Å². The molecule has 0 fully saturated rings. The summed E-state index contributed by atoms with van der Waals surface area (Å²) in [5.41, 5.74) is 2.83. The highest BCUT2D eigenvalue weighted by Gasteiger charge is 2.13. The summed E-state index contributed by atoms with van der Waals surface area (Å²) in [6.45, 7) is 3.39. The first-order valence-corrected chi connectivity index (χ1v) is 10.1. The van der Waals surface area contributed by atoms with Gasteiger partial charge in [0.05, 0.1) is 13.7 Å². The number of halogens is 2. The highest BCUT2D eigenvalue weighted by atomic mass is 35.5. The lowest BCUT2D eigenvalue weighted by Crippen LogP contribution is -2.06. The van der Waals surface area contributed by atoms with Crippen molar-refractivity contribution < 1.29 is 14.2 Å². The minimum Gasteiger partial charge on any atom is -0.497 e. The fourth-order valence-corrected chi connectivity index (χ4v) is 3.29. The van der Waals surface area contributed by atoms with Crippen molar-refractivity contribution in [1.82, 2.24) is 0 Å². The molecule has 152 valence electrons. The first-order chi connectivity index (χ1) is 14.1. The Hall–Kier alpha value is -2.56. The Morgan fingerprint density at radius 1 is 0.897 bits per heavy atom. The van der Waals surface area contributed by atoms with Gasteiger partial charge >= 0.3 is 0 Å². The smallest absolute Gasteiger partial charge is 0.166 e. The summed E-state index contributed by atoms with van der Waals surface area (Å²) in [4.78, 5) is 0. The number of hydrogen-bond donors (Lipinski definition) is 1. The summed E-state index contributed by atoms with van der Waals surface area (Å²) in [6, 6.07) is 19.0. The zero-order valence-corrected chi connectivity index (χ0v) is 17.9. The van der Waals surface area contributed by atoms with Crippen LogP contribution in [0.5, 0.6) is 17.2 Å². The van der Waals surface area contributed by atoms with Crippen molar-refractivity contribution in [3.63, 3.8) is 0 Å². The molecule has 29 heavy (non-hydrogen) atoms. The fourth-order valence-electron chi connectivity index (χ4n) is 2.83. The molecular weight excluding hydrogens is 409 g/mol. The van der Waals surface area contributed by atoms with Gasteiger partial charge in [-0.1, -0.05) is 41.4 Å². The van der Waals surface area contributed by atoms with E-state index in [1.807, 2.05) is 55.5 Å². The van der Waals surface area contributed by atoms with Crippen molar-refractivity contribution in [3.05, 3.63) is 81.8 Å². The molecule has 4 nitrogen and oxygen atoms in total. The van der Waals surface area contributed by atoms with Crippen LogP contribution in [0, 0.1) is 0 Å². The summed E-state index contributed by atoms with van der Waals surface area (Å²) in [5, 5.41) is 4.57. The number of ether oxygens (including phenoxy) is 3. The predicted molar refractivity (Wildman–Crippen MR) is 119 cm³/mol. The average Bonchev–Trinajstić information content (AvgIpc) is 2.73. The SMILES string of the molecule is CCOc1cccc(CNc2ccc(OC)cc2)c1OCc1ccc(Cl)cc1Cl. The molecule has 0 unspecified atom stereocenters. The van der Waals surface area contributed by atoms with Crippen molar-refractivity contribution >= 4 is 28.9 Å². The van der Waals surface area contributed by atoms with Crippen LogP contribution in [0.2, 0.25) is 10.0 Å². The van der Waals surface area contributed by atoms with Crippen LogP contribution < -0.4 is 19.5 Å². The molecule has 6 heteroatoms. The molecule has 3 rings (SSSR count). The van der Waals surface area contributed by atoms with E-state index in [4.69, 9.17) is 37.4 Å². The van der Waals surface area contributed by atoms with Crippen LogP contribution in [0.15, 0.2) is 60.7 Å². The highest BCUT2D eigenvalue weighted by molar-refractivity contribution is 6.35. The van der Waals surface area contributed by atoms with Gasteiger partial charge in [-0.2, -0.15) is 0 Å². The summed E-state index contributed by atoms with van der Waals surface area (Å²) in [5.74, 6) is 2.21. The third-order valence-electron chi connectivity index (χ3n) is 4.32. The van der Waals surface area contributed by atoms with Gasteiger partial charge in [-0.15, -0.1) is 0 Å². The lowest BCUT2D eigenvalue weighted by atomic mass is 10.1. The van der Waals surface area contributed by atoms with Gasteiger partial charge in [-0.25, -0.2) is 0 Å². The fraction of sp³-hybridized carbons (Fsp3) is 0.217. The Morgan fingerprint density at radius 2 is 1.69 bits per heavy atom. The Morgan fingerprint density at radius 3 is 2.38 bits per heavy atom. The second-order valence-electron chi connectivity index (χ2n) is 6.28. The zero-order chi connectivity index (χ0) is 20.6. The first-order valence-electron chi connectivity index (χ1n) is 9.30. The van der Waals surface area contributed by atoms with Crippen LogP contribution >= 0.6 is 23.2 Å². The molecule has 0 radical (unpaired) electrons. The molecule has 3 aromatic rings. The van der Waals surface area contributed by atoms with Gasteiger partial charge < -0.3 is 19.5 Å². The Labute approximate surface area is 181 Å². The van der Waals surface area contributed by atoms with E-state index in [1.165, 1.54) is 0 Å². The van der Waals surface area contributed by atoms with E-state index in [-0.39, 0.29) is 0 Å². The van der Waals surface area contributed by atoms with E-state index >= 15 is 0 Å². The lowest BCUT2D eigenvalue weighted by molar-refractivity contribution is 0.267. The topological polar surface area (TPSA) is 39.7 Å². The monoisotopic (exact) mass is 431 g/mol. The third-order valence-corrected chi connectivity index (χ3v) is 4.91. The van der Waals surface area contributed by atoms with E-state index in [1.54, 1.807) is 19.2 Å². The summed E-state index contributed by atoms with van der Waals surface area (Å²) >= 11 is 12.3. The molecular formula is C23H23Cl2NO3. The normalized spacial score (nSPS) is 10.5. The van der Waals surface area contributed by atoms with Crippen molar-refractivity contribution in [2.75, 3.05) is 19.0 Å². The van der Waals surface area contributed by atoms with Gasteiger partial charge in [0.15, 0.2) is 11.5 Å². The standard InChI is InChI=1S/C23H23Cl2NO3/c1-3-28-22-6-4-5-16(14-26-19-9-11-20(27-2)12-10-19)23(22)29-15-17-7-8-18(24)13-21(17)25/h4-13,26H,3,14-15H2,1-2H3. The molecule has 1 N–H and O–H groups in total. The van der Waals surface area contributed by atoms with Gasteiger partial charge in [0.1, 0.15) is 12.4 Å². The van der Waals surface area contributed by atoms with Gasteiger partial charge in [0.25, 0.3) is 0 Å². The van der Waals surface area contributed by atoms with Crippen LogP contribution in [0.3, 0.4) is 0 Å². The molecule has 0 aromatic heterocycles. The van der Waals surface area contributed by atoms with Crippen molar-refractivity contribution in [2.45, 2.75) is 20.1 Å². The quantitative estimate of drug-likeness (QED) is 0.414. The summed E-state index contributed by atoms with van der Waals surface area (Å²) in [7, 11) is 1.65. The Kier molecular flexibility index (Phi) is 7.50. The molecule has 0 aliphatic rings. The molecule has 0 heterocycles. The summed E-state index contributed by atoms with van der Waals surface area (Å²) in [6.07, 6.45) is 0. The van der Waals surface area contributed by atoms with Crippen LogP contribution in [0.4, 0.5) is 5.69 Å². The highest BCUT2D eigenvalue weighted by Crippen LogP contribution is 2.33. The van der Waals surface area contributed by atoms with Crippen molar-refractivity contribution in [1.29, 1.82) is 0 Å². The molecule has 0 saturated heterocycles. The molecule has 0 spiro atoms. The number of methoxy groups -OCH3 is 1. The number of hydrogen-bond acceptors (Lipinski definition) is 4. The third kappa shape index (κ3) is 5.72. The number of para-hydroxylation sites is 1. The van der Waals surface area contributed by atoms with Gasteiger partial charge in [-0.05, 0) is 49.4 Å². The predicted octanol–water partition coefficient (Wildman–Crippen LogP) is 6.59. The largest absolute Gasteiger partial charge is 0.497 e. The maximum Gasteiger partial charge on any atom is 0.166 e. The number of rotatable bonds is 9. The minimum atomic E-state index is 0.315. The maximum absolute atomic E-state index is 6.28. The van der Waals surface area contributed by atoms with Gasteiger partial charge in [0.2, 0.25) is 0 Å². The second-order valence-corrected chi connectivity index (χ2v) is 7.13. The molecule has 0 atom stereocenters. The molecule has 0 aliphatic heterocycles. The number of anilines is 1. The number of nitrogens with one attached hydrogen (secondary N) is 1. The second kappa shape index (κ2) is 10.3. The van der Waals surface area contributed by atoms with E-state index in [0.717, 1.165) is 22.6 Å². The minimum absolute atomic E-state index is 0.315. The van der Waals surface area contributed by atoms with E-state index in [0.29, 0.717) is 41.3 Å². The molecule has 3 aromatic carbocycles. The zero-order valence-electron chi connectivity index (χ0n) is 16.4. The van der Waals surface area contributed by atoms with Crippen LogP contribution in [0.1, 0.15) is 18.1 Å². The molecule has 0 bridgehead atoms. The average molecular weight is 432 g/mol. The maximum atomic E-state index is 6.28. The molecule has 0 aliphatic carbocycles. The van der Waals surface area contributed by atoms with Gasteiger partial charge in [-0.3, -0.25) is 0 Å². The molecule has 0 saturated carbocycles. The van der Waals surface area contributed by atoms with Crippen LogP contribution in [0.25, 0.3) is 0 Å².